The molecule has 0 N–H and O–H groups in total. The van der Waals surface area contributed by atoms with Crippen molar-refractivity contribution in [2.24, 2.45) is 0 Å². The second-order valence-electron chi connectivity index (χ2n) is 4.54. The number of rotatable bonds is 4. The van der Waals surface area contributed by atoms with Crippen LogP contribution in [0.15, 0.2) is 40.9 Å². The van der Waals surface area contributed by atoms with Crippen molar-refractivity contribution in [2.75, 3.05) is 7.11 Å². The number of hydrogen-bond donors (Lipinski definition) is 0. The predicted molar refractivity (Wildman–Crippen MR) is 84.9 cm³/mol. The normalized spacial score (nSPS) is 10.4. The third-order valence-electron chi connectivity index (χ3n) is 3.03. The summed E-state index contributed by atoms with van der Waals surface area (Å²) in [6.45, 7) is 1.99. The number of methoxy groups -OCH3 is 1. The molecule has 0 atom stereocenters. The highest BCUT2D eigenvalue weighted by atomic mass is 79.9. The van der Waals surface area contributed by atoms with Crippen molar-refractivity contribution in [1.82, 2.24) is 0 Å². The van der Waals surface area contributed by atoms with Gasteiger partial charge < -0.3 is 4.74 Å². The third-order valence-corrected chi connectivity index (χ3v) is 4.26. The van der Waals surface area contributed by atoms with Crippen molar-refractivity contribution in [1.29, 1.82) is 0 Å². The Morgan fingerprint density at radius 1 is 1.25 bits per heavy atom. The van der Waals surface area contributed by atoms with Crippen LogP contribution in [0.1, 0.15) is 21.5 Å². The van der Waals surface area contributed by atoms with Gasteiger partial charge in [-0.25, -0.2) is 0 Å². The zero-order valence-electron chi connectivity index (χ0n) is 11.2. The molecule has 0 spiro atoms. The summed E-state index contributed by atoms with van der Waals surface area (Å²) in [6.07, 6.45) is 0.294. The van der Waals surface area contributed by atoms with Crippen LogP contribution in [0.3, 0.4) is 0 Å². The molecule has 0 aliphatic rings. The molecule has 20 heavy (non-hydrogen) atoms. The van der Waals surface area contributed by atoms with Crippen molar-refractivity contribution in [3.8, 4) is 5.75 Å². The first kappa shape index (κ1) is 15.1. The minimum atomic E-state index is 0.0169. The fourth-order valence-corrected chi connectivity index (χ4v) is 2.42. The number of ether oxygens (including phenoxy) is 1. The molecule has 0 fully saturated rings. The molecule has 0 bridgehead atoms. The summed E-state index contributed by atoms with van der Waals surface area (Å²) in [5.74, 6) is 0.746. The second kappa shape index (κ2) is 6.42. The summed E-state index contributed by atoms with van der Waals surface area (Å²) in [7, 11) is 1.61. The van der Waals surface area contributed by atoms with Crippen molar-refractivity contribution in [2.45, 2.75) is 13.3 Å². The Hall–Kier alpha value is -1.32. The van der Waals surface area contributed by atoms with E-state index in [1.54, 1.807) is 25.3 Å². The van der Waals surface area contributed by atoms with Crippen molar-refractivity contribution in [3.63, 3.8) is 0 Å². The molecule has 2 aromatic carbocycles. The maximum Gasteiger partial charge on any atom is 0.167 e. The highest BCUT2D eigenvalue weighted by Gasteiger charge is 2.12. The van der Waals surface area contributed by atoms with Gasteiger partial charge in [0.2, 0.25) is 0 Å². The molecule has 2 aromatic rings. The molecular formula is C16H14BrClO2. The van der Waals surface area contributed by atoms with E-state index in [1.165, 1.54) is 0 Å². The summed E-state index contributed by atoms with van der Waals surface area (Å²) in [6, 6.07) is 11.0. The Bertz CT molecular complexity index is 653. The average molecular weight is 354 g/mol. The number of halogens is 2. The van der Waals surface area contributed by atoms with Crippen molar-refractivity contribution >= 4 is 33.3 Å². The average Bonchev–Trinajstić information content (AvgIpc) is 2.42. The van der Waals surface area contributed by atoms with Gasteiger partial charge in [-0.05, 0) is 41.1 Å². The van der Waals surface area contributed by atoms with Crippen LogP contribution in [0.25, 0.3) is 0 Å². The number of benzene rings is 2. The SMILES string of the molecule is COc1ccc(C)cc1CC(=O)c1ccc(Br)c(Cl)c1. The molecule has 4 heteroatoms. The van der Waals surface area contributed by atoms with Gasteiger partial charge in [0.05, 0.1) is 12.1 Å². The largest absolute Gasteiger partial charge is 0.496 e. The number of Topliss-reactive ketones (excluding diaryl/α,β-unsaturated/α-hetero) is 1. The molecule has 0 aromatic heterocycles. The maximum absolute atomic E-state index is 12.3. The van der Waals surface area contributed by atoms with Crippen LogP contribution in [0.2, 0.25) is 5.02 Å². The highest BCUT2D eigenvalue weighted by molar-refractivity contribution is 9.10. The predicted octanol–water partition coefficient (Wildman–Crippen LogP) is 4.84. The number of aryl methyl sites for hydroxylation is 1. The van der Waals surface area contributed by atoms with Crippen LogP contribution in [-0.4, -0.2) is 12.9 Å². The molecule has 0 unspecified atom stereocenters. The lowest BCUT2D eigenvalue weighted by Crippen LogP contribution is -2.05. The van der Waals surface area contributed by atoms with Gasteiger partial charge in [0.1, 0.15) is 5.75 Å². The molecule has 0 aliphatic carbocycles. The van der Waals surface area contributed by atoms with Gasteiger partial charge in [0.15, 0.2) is 5.78 Å². The Kier molecular flexibility index (Phi) is 4.84. The quantitative estimate of drug-likeness (QED) is 0.735. The number of carbonyl (C=O) groups is 1. The van der Waals surface area contributed by atoms with Crippen LogP contribution in [0.4, 0.5) is 0 Å². The fourth-order valence-electron chi connectivity index (χ4n) is 1.99. The lowest BCUT2D eigenvalue weighted by atomic mass is 10.0. The summed E-state index contributed by atoms with van der Waals surface area (Å²) < 4.78 is 6.08. The molecule has 0 heterocycles. The second-order valence-corrected chi connectivity index (χ2v) is 5.81. The van der Waals surface area contributed by atoms with Gasteiger partial charge >= 0.3 is 0 Å². The van der Waals surface area contributed by atoms with E-state index in [9.17, 15) is 4.79 Å². The summed E-state index contributed by atoms with van der Waals surface area (Å²) in [4.78, 5) is 12.3. The van der Waals surface area contributed by atoms with Crippen LogP contribution in [0, 0.1) is 6.92 Å². The van der Waals surface area contributed by atoms with Gasteiger partial charge in [-0.1, -0.05) is 35.4 Å². The lowest BCUT2D eigenvalue weighted by molar-refractivity contribution is 0.0992. The van der Waals surface area contributed by atoms with Crippen molar-refractivity contribution in [3.05, 3.63) is 62.6 Å². The Morgan fingerprint density at radius 2 is 2.00 bits per heavy atom. The van der Waals surface area contributed by atoms with E-state index < -0.39 is 0 Å². The fraction of sp³-hybridized carbons (Fsp3) is 0.188. The Labute approximate surface area is 131 Å². The standard InChI is InChI=1S/C16H14BrClO2/c1-10-3-6-16(20-2)12(7-10)9-15(19)11-4-5-13(17)14(18)8-11/h3-8H,9H2,1-2H3. The monoisotopic (exact) mass is 352 g/mol. The molecule has 0 radical (unpaired) electrons. The van der Waals surface area contributed by atoms with Gasteiger partial charge in [-0.3, -0.25) is 4.79 Å². The Morgan fingerprint density at radius 3 is 2.65 bits per heavy atom. The minimum absolute atomic E-state index is 0.0169. The van der Waals surface area contributed by atoms with E-state index in [4.69, 9.17) is 16.3 Å². The molecule has 0 aliphatic heterocycles. The van der Waals surface area contributed by atoms with Crippen molar-refractivity contribution < 1.29 is 9.53 Å². The minimum Gasteiger partial charge on any atom is -0.496 e. The topological polar surface area (TPSA) is 26.3 Å². The molecule has 0 saturated heterocycles. The molecular weight excluding hydrogens is 340 g/mol. The molecule has 0 saturated carbocycles. The van der Waals surface area contributed by atoms with Gasteiger partial charge in [-0.2, -0.15) is 0 Å². The zero-order valence-corrected chi connectivity index (χ0v) is 13.6. The number of ketones is 1. The first-order chi connectivity index (χ1) is 9.51. The number of carbonyl (C=O) groups excluding carboxylic acids is 1. The zero-order chi connectivity index (χ0) is 14.7. The lowest BCUT2D eigenvalue weighted by Gasteiger charge is -2.09. The van der Waals surface area contributed by atoms with E-state index in [2.05, 4.69) is 15.9 Å². The summed E-state index contributed by atoms with van der Waals surface area (Å²) in [5.41, 5.74) is 2.58. The summed E-state index contributed by atoms with van der Waals surface area (Å²) >= 11 is 9.34. The molecule has 2 rings (SSSR count). The van der Waals surface area contributed by atoms with Crippen LogP contribution < -0.4 is 4.74 Å². The molecule has 104 valence electrons. The highest BCUT2D eigenvalue weighted by Crippen LogP contribution is 2.25. The summed E-state index contributed by atoms with van der Waals surface area (Å²) in [5, 5.41) is 0.534. The first-order valence-electron chi connectivity index (χ1n) is 6.13. The smallest absolute Gasteiger partial charge is 0.167 e. The van der Waals surface area contributed by atoms with Crippen LogP contribution in [-0.2, 0) is 6.42 Å². The first-order valence-corrected chi connectivity index (χ1v) is 7.30. The Balaban J connectivity index is 2.27. The third kappa shape index (κ3) is 3.41. The number of hydrogen-bond acceptors (Lipinski definition) is 2. The van der Waals surface area contributed by atoms with Crippen LogP contribution in [0.5, 0.6) is 5.75 Å². The molecule has 2 nitrogen and oxygen atoms in total. The van der Waals surface area contributed by atoms with E-state index in [-0.39, 0.29) is 5.78 Å². The van der Waals surface area contributed by atoms with Gasteiger partial charge in [-0.15, -0.1) is 0 Å². The maximum atomic E-state index is 12.3. The van der Waals surface area contributed by atoms with E-state index in [0.717, 1.165) is 21.3 Å². The van der Waals surface area contributed by atoms with E-state index in [1.807, 2.05) is 25.1 Å². The van der Waals surface area contributed by atoms with E-state index >= 15 is 0 Å². The molecule has 0 amide bonds. The van der Waals surface area contributed by atoms with E-state index in [0.29, 0.717) is 17.0 Å². The van der Waals surface area contributed by atoms with Crippen LogP contribution >= 0.6 is 27.5 Å². The van der Waals surface area contributed by atoms with Gasteiger partial charge in [0, 0.05) is 22.0 Å². The van der Waals surface area contributed by atoms with Gasteiger partial charge in [0.25, 0.3) is 0 Å².